The van der Waals surface area contributed by atoms with Gasteiger partial charge in [-0.1, -0.05) is 30.0 Å². The second-order valence-corrected chi connectivity index (χ2v) is 6.44. The number of carbonyl (C=O) groups excluding carboxylic acids is 1. The molecule has 3 nitrogen and oxygen atoms in total. The van der Waals surface area contributed by atoms with Gasteiger partial charge in [0.2, 0.25) is 0 Å². The number of fused-ring (bicyclic) bond motifs is 2. The summed E-state index contributed by atoms with van der Waals surface area (Å²) >= 11 is 1.72. The van der Waals surface area contributed by atoms with Gasteiger partial charge in [0.15, 0.2) is 0 Å². The molecule has 1 aliphatic rings. The predicted molar refractivity (Wildman–Crippen MR) is 87.3 cm³/mol. The number of hydrogen-bond donors (Lipinski definition) is 0. The summed E-state index contributed by atoms with van der Waals surface area (Å²) in [6, 6.07) is 10.4. The molecule has 1 atom stereocenters. The first kappa shape index (κ1) is 15.1. The molecule has 22 heavy (non-hydrogen) atoms. The molecule has 0 N–H and O–H groups in total. The molecule has 4 heteroatoms. The topological polar surface area (TPSA) is 39.2 Å². The Morgan fingerprint density at radius 3 is 2.95 bits per heavy atom. The third-order valence-electron chi connectivity index (χ3n) is 3.94. The zero-order valence-electron chi connectivity index (χ0n) is 12.8. The summed E-state index contributed by atoms with van der Waals surface area (Å²) in [6.45, 7) is 4.16. The number of rotatable bonds is 3. The first-order valence-corrected chi connectivity index (χ1v) is 8.42. The fourth-order valence-electron chi connectivity index (χ4n) is 2.65. The van der Waals surface area contributed by atoms with Gasteiger partial charge in [0.25, 0.3) is 0 Å². The van der Waals surface area contributed by atoms with Crippen LogP contribution in [0.1, 0.15) is 36.5 Å². The maximum absolute atomic E-state index is 11.9. The van der Waals surface area contributed by atoms with Crippen molar-refractivity contribution in [1.82, 2.24) is 4.98 Å². The maximum Gasteiger partial charge on any atom is 0.313 e. The van der Waals surface area contributed by atoms with Crippen molar-refractivity contribution in [3.63, 3.8) is 0 Å². The molecule has 0 spiro atoms. The van der Waals surface area contributed by atoms with Crippen LogP contribution in [0, 0.1) is 0 Å². The lowest BCUT2D eigenvalue weighted by atomic mass is 9.97. The SMILES string of the molecule is CCOC(=O)C(C)c1ccc2c(c1)CCc1cccnc1S2. The number of carbonyl (C=O) groups is 1. The minimum Gasteiger partial charge on any atom is -0.466 e. The van der Waals surface area contributed by atoms with Crippen LogP contribution >= 0.6 is 11.8 Å². The average Bonchev–Trinajstić information content (AvgIpc) is 2.72. The van der Waals surface area contributed by atoms with Gasteiger partial charge in [0, 0.05) is 11.1 Å². The lowest BCUT2D eigenvalue weighted by Gasteiger charge is -2.13. The van der Waals surface area contributed by atoms with E-state index in [0.29, 0.717) is 6.61 Å². The monoisotopic (exact) mass is 313 g/mol. The molecule has 0 amide bonds. The first-order valence-electron chi connectivity index (χ1n) is 7.60. The smallest absolute Gasteiger partial charge is 0.313 e. The number of aryl methyl sites for hydroxylation is 2. The molecule has 2 aromatic rings. The number of nitrogens with zero attached hydrogens (tertiary/aromatic N) is 1. The summed E-state index contributed by atoms with van der Waals surface area (Å²) in [7, 11) is 0. The highest BCUT2D eigenvalue weighted by Gasteiger charge is 2.20. The van der Waals surface area contributed by atoms with Gasteiger partial charge < -0.3 is 4.74 Å². The van der Waals surface area contributed by atoms with E-state index >= 15 is 0 Å². The van der Waals surface area contributed by atoms with Crippen molar-refractivity contribution >= 4 is 17.7 Å². The Kier molecular flexibility index (Phi) is 4.48. The van der Waals surface area contributed by atoms with E-state index in [-0.39, 0.29) is 11.9 Å². The van der Waals surface area contributed by atoms with Crippen molar-refractivity contribution in [2.45, 2.75) is 42.5 Å². The van der Waals surface area contributed by atoms with E-state index in [0.717, 1.165) is 23.4 Å². The Balaban J connectivity index is 1.88. The van der Waals surface area contributed by atoms with Gasteiger partial charge in [-0.05, 0) is 55.5 Å². The molecular formula is C18H19NO2S. The lowest BCUT2D eigenvalue weighted by Crippen LogP contribution is -2.13. The van der Waals surface area contributed by atoms with E-state index in [1.165, 1.54) is 16.0 Å². The fourth-order valence-corrected chi connectivity index (χ4v) is 3.70. The molecule has 1 aliphatic heterocycles. The molecule has 1 unspecified atom stereocenters. The molecule has 2 heterocycles. The summed E-state index contributed by atoms with van der Waals surface area (Å²) in [4.78, 5) is 17.6. The van der Waals surface area contributed by atoms with Crippen LogP contribution in [-0.4, -0.2) is 17.6 Å². The summed E-state index contributed by atoms with van der Waals surface area (Å²) in [6.07, 6.45) is 3.80. The summed E-state index contributed by atoms with van der Waals surface area (Å²) in [5, 5.41) is 1.09. The minimum absolute atomic E-state index is 0.159. The number of hydrogen-bond acceptors (Lipinski definition) is 4. The molecule has 0 radical (unpaired) electrons. The van der Waals surface area contributed by atoms with Crippen LogP contribution in [0.5, 0.6) is 0 Å². The van der Waals surface area contributed by atoms with Gasteiger partial charge >= 0.3 is 5.97 Å². The van der Waals surface area contributed by atoms with E-state index in [4.69, 9.17) is 4.74 Å². The average molecular weight is 313 g/mol. The zero-order chi connectivity index (χ0) is 15.5. The molecule has 0 saturated heterocycles. The molecule has 3 rings (SSSR count). The minimum atomic E-state index is -0.223. The number of esters is 1. The van der Waals surface area contributed by atoms with Gasteiger partial charge in [-0.3, -0.25) is 4.79 Å². The predicted octanol–water partition coefficient (Wildman–Crippen LogP) is 4.00. The summed E-state index contributed by atoms with van der Waals surface area (Å²) in [5.74, 6) is -0.382. The van der Waals surface area contributed by atoms with E-state index in [1.54, 1.807) is 11.8 Å². The van der Waals surface area contributed by atoms with Crippen molar-refractivity contribution in [3.8, 4) is 0 Å². The Morgan fingerprint density at radius 2 is 2.14 bits per heavy atom. The first-order chi connectivity index (χ1) is 10.7. The van der Waals surface area contributed by atoms with Gasteiger partial charge in [-0.15, -0.1) is 0 Å². The van der Waals surface area contributed by atoms with Crippen molar-refractivity contribution in [3.05, 3.63) is 53.2 Å². The van der Waals surface area contributed by atoms with Crippen LogP contribution in [0.25, 0.3) is 0 Å². The normalized spacial score (nSPS) is 14.5. The van der Waals surface area contributed by atoms with Gasteiger partial charge in [0.1, 0.15) is 5.03 Å². The molecule has 1 aromatic heterocycles. The van der Waals surface area contributed by atoms with Crippen LogP contribution < -0.4 is 0 Å². The van der Waals surface area contributed by atoms with Crippen LogP contribution in [-0.2, 0) is 22.4 Å². The summed E-state index contributed by atoms with van der Waals surface area (Å²) < 4.78 is 5.12. The quantitative estimate of drug-likeness (QED) is 0.803. The third-order valence-corrected chi connectivity index (χ3v) is 5.12. The van der Waals surface area contributed by atoms with E-state index in [1.807, 2.05) is 32.2 Å². The van der Waals surface area contributed by atoms with Gasteiger partial charge in [0.05, 0.1) is 12.5 Å². The van der Waals surface area contributed by atoms with Crippen molar-refractivity contribution in [2.75, 3.05) is 6.61 Å². The Hall–Kier alpha value is -1.81. The van der Waals surface area contributed by atoms with Crippen LogP contribution in [0.4, 0.5) is 0 Å². The molecule has 0 fully saturated rings. The summed E-state index contributed by atoms with van der Waals surface area (Å²) in [5.41, 5.74) is 3.61. The van der Waals surface area contributed by atoms with E-state index < -0.39 is 0 Å². The molecule has 0 aliphatic carbocycles. The Bertz CT molecular complexity index is 699. The second kappa shape index (κ2) is 6.53. The number of ether oxygens (including phenoxy) is 1. The number of benzene rings is 1. The Morgan fingerprint density at radius 1 is 1.32 bits per heavy atom. The zero-order valence-corrected chi connectivity index (χ0v) is 13.7. The fraction of sp³-hybridized carbons (Fsp3) is 0.333. The third kappa shape index (κ3) is 3.02. The molecule has 114 valence electrons. The molecule has 0 bridgehead atoms. The largest absolute Gasteiger partial charge is 0.466 e. The van der Waals surface area contributed by atoms with Crippen LogP contribution in [0.15, 0.2) is 46.5 Å². The van der Waals surface area contributed by atoms with Gasteiger partial charge in [-0.25, -0.2) is 4.98 Å². The number of aromatic nitrogens is 1. The highest BCUT2D eigenvalue weighted by molar-refractivity contribution is 7.99. The van der Waals surface area contributed by atoms with Crippen molar-refractivity contribution < 1.29 is 9.53 Å². The lowest BCUT2D eigenvalue weighted by molar-refractivity contribution is -0.144. The highest BCUT2D eigenvalue weighted by atomic mass is 32.2. The Labute approximate surface area is 135 Å². The highest BCUT2D eigenvalue weighted by Crippen LogP contribution is 2.36. The van der Waals surface area contributed by atoms with E-state index in [9.17, 15) is 4.79 Å². The molecule has 0 saturated carbocycles. The molecular weight excluding hydrogens is 294 g/mol. The standard InChI is InChI=1S/C18H19NO2S/c1-3-21-18(20)12(2)14-8-9-16-15(11-14)7-6-13-5-4-10-19-17(13)22-16/h4-5,8-12H,3,6-7H2,1-2H3. The van der Waals surface area contributed by atoms with Crippen molar-refractivity contribution in [1.29, 1.82) is 0 Å². The maximum atomic E-state index is 11.9. The van der Waals surface area contributed by atoms with Crippen molar-refractivity contribution in [2.24, 2.45) is 0 Å². The molecule has 1 aromatic carbocycles. The van der Waals surface area contributed by atoms with Gasteiger partial charge in [-0.2, -0.15) is 0 Å². The van der Waals surface area contributed by atoms with Crippen LogP contribution in [0.3, 0.4) is 0 Å². The number of pyridine rings is 1. The second-order valence-electron chi connectivity index (χ2n) is 5.41. The van der Waals surface area contributed by atoms with Crippen LogP contribution in [0.2, 0.25) is 0 Å². The van der Waals surface area contributed by atoms with E-state index in [2.05, 4.69) is 23.2 Å².